The lowest BCUT2D eigenvalue weighted by atomic mass is 9.98. The minimum absolute atomic E-state index is 0.550. The Kier molecular flexibility index (Phi) is 2.54. The van der Waals surface area contributed by atoms with Crippen LogP contribution in [-0.4, -0.2) is 7.05 Å². The predicted octanol–water partition coefficient (Wildman–Crippen LogP) is 3.62. The van der Waals surface area contributed by atoms with Gasteiger partial charge in [-0.1, -0.05) is 18.2 Å². The Morgan fingerprint density at radius 1 is 1.31 bits per heavy atom. The first kappa shape index (κ1) is 10.1. The first-order chi connectivity index (χ1) is 7.90. The molecule has 0 aliphatic heterocycles. The van der Waals surface area contributed by atoms with Crippen molar-refractivity contribution in [2.75, 3.05) is 7.05 Å². The molecule has 1 aliphatic carbocycles. The lowest BCUT2D eigenvalue weighted by molar-refractivity contribution is 0.590. The summed E-state index contributed by atoms with van der Waals surface area (Å²) in [6, 6.07) is 9.46. The second kappa shape index (κ2) is 4.04. The highest BCUT2D eigenvalue weighted by Crippen LogP contribution is 2.37. The summed E-state index contributed by atoms with van der Waals surface area (Å²) in [7, 11) is 2.05. The Morgan fingerprint density at radius 2 is 2.25 bits per heavy atom. The van der Waals surface area contributed by atoms with Gasteiger partial charge in [-0.2, -0.15) is 11.3 Å². The normalized spacial score (nSPS) is 18.7. The summed E-state index contributed by atoms with van der Waals surface area (Å²) < 4.78 is 0. The van der Waals surface area contributed by atoms with Crippen LogP contribution in [-0.2, 0) is 6.42 Å². The van der Waals surface area contributed by atoms with Crippen LogP contribution < -0.4 is 5.32 Å². The van der Waals surface area contributed by atoms with Crippen molar-refractivity contribution in [3.8, 4) is 11.1 Å². The molecule has 1 unspecified atom stereocenters. The van der Waals surface area contributed by atoms with Crippen LogP contribution in [0.15, 0.2) is 35.0 Å². The zero-order chi connectivity index (χ0) is 11.0. The SMILES string of the molecule is CNC1CCc2c(-c3ccsc3)cccc21. The average molecular weight is 229 g/mol. The molecule has 0 bridgehead atoms. The Balaban J connectivity index is 2.12. The number of benzene rings is 1. The quantitative estimate of drug-likeness (QED) is 0.829. The highest BCUT2D eigenvalue weighted by molar-refractivity contribution is 7.08. The van der Waals surface area contributed by atoms with E-state index in [1.807, 2.05) is 0 Å². The van der Waals surface area contributed by atoms with E-state index in [-0.39, 0.29) is 0 Å². The summed E-state index contributed by atoms with van der Waals surface area (Å²) in [6.45, 7) is 0. The molecular formula is C14H15NS. The van der Waals surface area contributed by atoms with Crippen molar-refractivity contribution in [3.05, 3.63) is 46.2 Å². The van der Waals surface area contributed by atoms with Crippen LogP contribution in [0.1, 0.15) is 23.6 Å². The van der Waals surface area contributed by atoms with Crippen LogP contribution in [0.5, 0.6) is 0 Å². The fraction of sp³-hybridized carbons (Fsp3) is 0.286. The molecule has 82 valence electrons. The third-order valence-corrected chi connectivity index (χ3v) is 4.13. The van der Waals surface area contributed by atoms with Crippen LogP contribution in [0.2, 0.25) is 0 Å². The Labute approximate surface area is 100 Å². The monoisotopic (exact) mass is 229 g/mol. The summed E-state index contributed by atoms with van der Waals surface area (Å²) in [5.74, 6) is 0. The second-order valence-corrected chi connectivity index (χ2v) is 5.05. The summed E-state index contributed by atoms with van der Waals surface area (Å²) in [6.07, 6.45) is 2.43. The van der Waals surface area contributed by atoms with Gasteiger partial charge in [0.25, 0.3) is 0 Å². The molecule has 0 fully saturated rings. The lowest BCUT2D eigenvalue weighted by Crippen LogP contribution is -2.12. The topological polar surface area (TPSA) is 12.0 Å². The number of thiophene rings is 1. The summed E-state index contributed by atoms with van der Waals surface area (Å²) in [5, 5.41) is 7.79. The summed E-state index contributed by atoms with van der Waals surface area (Å²) in [4.78, 5) is 0. The first-order valence-electron chi connectivity index (χ1n) is 5.72. The van der Waals surface area contributed by atoms with E-state index >= 15 is 0 Å². The lowest BCUT2D eigenvalue weighted by Gasteiger charge is -2.11. The van der Waals surface area contributed by atoms with Crippen LogP contribution in [0, 0.1) is 0 Å². The molecule has 3 rings (SSSR count). The zero-order valence-electron chi connectivity index (χ0n) is 9.36. The van der Waals surface area contributed by atoms with Crippen molar-refractivity contribution in [3.63, 3.8) is 0 Å². The fourth-order valence-electron chi connectivity index (χ4n) is 2.64. The van der Waals surface area contributed by atoms with Crippen LogP contribution >= 0.6 is 11.3 Å². The molecule has 1 aliphatic rings. The number of fused-ring (bicyclic) bond motifs is 1. The van der Waals surface area contributed by atoms with Gasteiger partial charge in [-0.25, -0.2) is 0 Å². The summed E-state index contributed by atoms with van der Waals surface area (Å²) in [5.41, 5.74) is 5.83. The molecule has 0 saturated heterocycles. The van der Waals surface area contributed by atoms with Crippen molar-refractivity contribution in [2.45, 2.75) is 18.9 Å². The Bertz CT molecular complexity index is 487. The third-order valence-electron chi connectivity index (χ3n) is 3.45. The maximum Gasteiger partial charge on any atom is 0.0323 e. The van der Waals surface area contributed by atoms with Gasteiger partial charge in [0.1, 0.15) is 0 Å². The van der Waals surface area contributed by atoms with Gasteiger partial charge >= 0.3 is 0 Å². The molecule has 0 radical (unpaired) electrons. The maximum absolute atomic E-state index is 3.40. The number of hydrogen-bond acceptors (Lipinski definition) is 2. The number of nitrogens with one attached hydrogen (secondary N) is 1. The highest BCUT2D eigenvalue weighted by atomic mass is 32.1. The van der Waals surface area contributed by atoms with Crippen molar-refractivity contribution in [1.29, 1.82) is 0 Å². The van der Waals surface area contributed by atoms with Crippen molar-refractivity contribution < 1.29 is 0 Å². The highest BCUT2D eigenvalue weighted by Gasteiger charge is 2.23. The molecule has 0 amide bonds. The summed E-state index contributed by atoms with van der Waals surface area (Å²) >= 11 is 1.77. The standard InChI is InChI=1S/C14H15NS/c1-15-14-6-5-12-11(3-2-4-13(12)14)10-7-8-16-9-10/h2-4,7-9,14-15H,5-6H2,1H3. The van der Waals surface area contributed by atoms with Gasteiger partial charge in [-0.3, -0.25) is 0 Å². The van der Waals surface area contributed by atoms with Gasteiger partial charge in [0, 0.05) is 6.04 Å². The van der Waals surface area contributed by atoms with E-state index < -0.39 is 0 Å². The third kappa shape index (κ3) is 1.49. The van der Waals surface area contributed by atoms with Gasteiger partial charge in [0.2, 0.25) is 0 Å². The predicted molar refractivity (Wildman–Crippen MR) is 69.9 cm³/mol. The van der Waals surface area contributed by atoms with Crippen LogP contribution in [0.25, 0.3) is 11.1 Å². The van der Waals surface area contributed by atoms with Crippen LogP contribution in [0.3, 0.4) is 0 Å². The minimum Gasteiger partial charge on any atom is -0.313 e. The Morgan fingerprint density at radius 3 is 3.00 bits per heavy atom. The molecule has 0 spiro atoms. The average Bonchev–Trinajstić information content (AvgIpc) is 2.97. The van der Waals surface area contributed by atoms with Gasteiger partial charge in [-0.15, -0.1) is 0 Å². The van der Waals surface area contributed by atoms with E-state index in [2.05, 4.69) is 47.4 Å². The molecule has 16 heavy (non-hydrogen) atoms. The van der Waals surface area contributed by atoms with Crippen molar-refractivity contribution in [2.24, 2.45) is 0 Å². The smallest absolute Gasteiger partial charge is 0.0323 e. The van der Waals surface area contributed by atoms with Crippen molar-refractivity contribution >= 4 is 11.3 Å². The van der Waals surface area contributed by atoms with E-state index in [1.54, 1.807) is 16.9 Å². The Hall–Kier alpha value is -1.12. The zero-order valence-corrected chi connectivity index (χ0v) is 10.2. The van der Waals surface area contributed by atoms with Crippen LogP contribution in [0.4, 0.5) is 0 Å². The molecule has 1 atom stereocenters. The first-order valence-corrected chi connectivity index (χ1v) is 6.66. The van der Waals surface area contributed by atoms with E-state index in [9.17, 15) is 0 Å². The molecule has 0 saturated carbocycles. The second-order valence-electron chi connectivity index (χ2n) is 4.27. The van der Waals surface area contributed by atoms with Gasteiger partial charge < -0.3 is 5.32 Å². The van der Waals surface area contributed by atoms with E-state index in [1.165, 1.54) is 29.5 Å². The van der Waals surface area contributed by atoms with Crippen molar-refractivity contribution in [1.82, 2.24) is 5.32 Å². The van der Waals surface area contributed by atoms with E-state index in [0.717, 1.165) is 0 Å². The van der Waals surface area contributed by atoms with Gasteiger partial charge in [0.05, 0.1) is 0 Å². The number of rotatable bonds is 2. The van der Waals surface area contributed by atoms with Gasteiger partial charge in [-0.05, 0) is 59.0 Å². The maximum atomic E-state index is 3.40. The largest absolute Gasteiger partial charge is 0.313 e. The van der Waals surface area contributed by atoms with Gasteiger partial charge in [0.15, 0.2) is 0 Å². The molecule has 1 aromatic heterocycles. The minimum atomic E-state index is 0.550. The number of hydrogen-bond donors (Lipinski definition) is 1. The fourth-order valence-corrected chi connectivity index (χ4v) is 3.30. The molecule has 1 nitrogen and oxygen atoms in total. The van der Waals surface area contributed by atoms with E-state index in [0.29, 0.717) is 6.04 Å². The molecule has 1 N–H and O–H groups in total. The molecule has 2 heteroatoms. The molecule has 2 aromatic rings. The molecular weight excluding hydrogens is 214 g/mol. The molecule has 1 aromatic carbocycles. The molecule has 1 heterocycles. The van der Waals surface area contributed by atoms with E-state index in [4.69, 9.17) is 0 Å².